The summed E-state index contributed by atoms with van der Waals surface area (Å²) in [6.07, 6.45) is 2.99. The van der Waals surface area contributed by atoms with Crippen LogP contribution in [0.1, 0.15) is 33.1 Å². The molecule has 4 unspecified atom stereocenters. The molecule has 3 aliphatic rings. The summed E-state index contributed by atoms with van der Waals surface area (Å²) in [6, 6.07) is 0.118. The summed E-state index contributed by atoms with van der Waals surface area (Å²) < 4.78 is 11.1. The highest BCUT2D eigenvalue weighted by Gasteiger charge is 2.70. The van der Waals surface area contributed by atoms with Crippen molar-refractivity contribution in [3.63, 3.8) is 0 Å². The Hall–Kier alpha value is -0.650. The van der Waals surface area contributed by atoms with Crippen molar-refractivity contribution < 1.29 is 14.3 Å². The van der Waals surface area contributed by atoms with Gasteiger partial charge in [0.25, 0.3) is 0 Å². The maximum atomic E-state index is 12.6. The molecule has 2 aliphatic heterocycles. The number of nitrogens with one attached hydrogen (secondary N) is 1. The molecule has 108 valence electrons. The van der Waals surface area contributed by atoms with Crippen LogP contribution in [0.4, 0.5) is 0 Å². The first-order chi connectivity index (χ1) is 8.98. The Kier molecular flexibility index (Phi) is 3.11. The second-order valence-electron chi connectivity index (χ2n) is 6.66. The van der Waals surface area contributed by atoms with E-state index in [1.54, 1.807) is 0 Å². The van der Waals surface area contributed by atoms with Crippen LogP contribution in [0.15, 0.2) is 0 Å². The van der Waals surface area contributed by atoms with Crippen molar-refractivity contribution in [3.8, 4) is 0 Å². The summed E-state index contributed by atoms with van der Waals surface area (Å²) in [5.74, 6) is 0.123. The molecule has 0 bridgehead atoms. The van der Waals surface area contributed by atoms with Gasteiger partial charge in [0.2, 0.25) is 5.91 Å². The van der Waals surface area contributed by atoms with Gasteiger partial charge in [0, 0.05) is 24.5 Å². The number of nitrogens with two attached hydrogens (primary N) is 1. The molecule has 0 radical (unpaired) electrons. The monoisotopic (exact) mass is 268 g/mol. The third-order valence-electron chi connectivity index (χ3n) is 5.33. The molecule has 5 nitrogen and oxygen atoms in total. The zero-order valence-corrected chi connectivity index (χ0v) is 11.8. The molecule has 0 aromatic heterocycles. The fraction of sp³-hybridized carbons (Fsp3) is 0.929. The number of fused-ring (bicyclic) bond motifs is 1. The van der Waals surface area contributed by atoms with Crippen LogP contribution in [0.5, 0.6) is 0 Å². The zero-order chi connectivity index (χ0) is 13.7. The lowest BCUT2D eigenvalue weighted by Gasteiger charge is -2.65. The molecule has 4 atom stereocenters. The Balaban J connectivity index is 1.75. The minimum atomic E-state index is -0.805. The number of carbonyl (C=O) groups excluding carboxylic acids is 1. The second kappa shape index (κ2) is 4.43. The molecule has 19 heavy (non-hydrogen) atoms. The molecule has 1 aliphatic carbocycles. The van der Waals surface area contributed by atoms with Gasteiger partial charge in [0.1, 0.15) is 5.54 Å². The van der Waals surface area contributed by atoms with Gasteiger partial charge in [-0.05, 0) is 19.3 Å². The SMILES string of the molecule is CC1(C)C2OCCCC2C1(N)C(=O)NC1CCOC1. The summed E-state index contributed by atoms with van der Waals surface area (Å²) >= 11 is 0. The van der Waals surface area contributed by atoms with Crippen molar-refractivity contribution in [3.05, 3.63) is 0 Å². The van der Waals surface area contributed by atoms with Crippen LogP contribution in [-0.4, -0.2) is 43.4 Å². The maximum Gasteiger partial charge on any atom is 0.241 e. The van der Waals surface area contributed by atoms with Gasteiger partial charge in [-0.1, -0.05) is 13.8 Å². The summed E-state index contributed by atoms with van der Waals surface area (Å²) in [5, 5.41) is 3.07. The fourth-order valence-electron chi connectivity index (χ4n) is 3.99. The highest BCUT2D eigenvalue weighted by atomic mass is 16.5. The molecular formula is C14H24N2O3. The quantitative estimate of drug-likeness (QED) is 0.761. The Morgan fingerprint density at radius 1 is 1.32 bits per heavy atom. The van der Waals surface area contributed by atoms with Gasteiger partial charge in [0.05, 0.1) is 18.8 Å². The molecule has 2 saturated heterocycles. The largest absolute Gasteiger partial charge is 0.379 e. The highest BCUT2D eigenvalue weighted by molar-refractivity contribution is 5.89. The average molecular weight is 268 g/mol. The van der Waals surface area contributed by atoms with E-state index < -0.39 is 5.54 Å². The van der Waals surface area contributed by atoms with Crippen molar-refractivity contribution >= 4 is 5.91 Å². The van der Waals surface area contributed by atoms with Gasteiger partial charge in [-0.3, -0.25) is 4.79 Å². The summed E-state index contributed by atoms with van der Waals surface area (Å²) in [7, 11) is 0. The number of hydrogen-bond acceptors (Lipinski definition) is 4. The Morgan fingerprint density at radius 3 is 2.79 bits per heavy atom. The molecule has 0 spiro atoms. The lowest BCUT2D eigenvalue weighted by Crippen LogP contribution is -2.82. The van der Waals surface area contributed by atoms with Crippen molar-refractivity contribution in [2.75, 3.05) is 19.8 Å². The van der Waals surface area contributed by atoms with Gasteiger partial charge in [0.15, 0.2) is 0 Å². The summed E-state index contributed by atoms with van der Waals surface area (Å²) in [4.78, 5) is 12.6. The minimum Gasteiger partial charge on any atom is -0.379 e. The summed E-state index contributed by atoms with van der Waals surface area (Å²) in [5.41, 5.74) is 5.42. The van der Waals surface area contributed by atoms with Crippen LogP contribution in [0.3, 0.4) is 0 Å². The molecular weight excluding hydrogens is 244 g/mol. The topological polar surface area (TPSA) is 73.6 Å². The van der Waals surface area contributed by atoms with E-state index in [4.69, 9.17) is 15.2 Å². The normalized spacial score (nSPS) is 44.3. The van der Waals surface area contributed by atoms with Gasteiger partial charge < -0.3 is 20.5 Å². The first kappa shape index (κ1) is 13.3. The molecule has 5 heteroatoms. The van der Waals surface area contributed by atoms with E-state index in [0.717, 1.165) is 32.5 Å². The smallest absolute Gasteiger partial charge is 0.241 e. The van der Waals surface area contributed by atoms with E-state index in [0.29, 0.717) is 6.61 Å². The van der Waals surface area contributed by atoms with Crippen LogP contribution >= 0.6 is 0 Å². The number of rotatable bonds is 2. The van der Waals surface area contributed by atoms with E-state index >= 15 is 0 Å². The minimum absolute atomic E-state index is 0.0280. The first-order valence-corrected chi connectivity index (χ1v) is 7.27. The Labute approximate surface area is 114 Å². The first-order valence-electron chi connectivity index (χ1n) is 7.27. The molecule has 3 N–H and O–H groups in total. The lowest BCUT2D eigenvalue weighted by atomic mass is 9.46. The molecule has 0 aromatic carbocycles. The van der Waals surface area contributed by atoms with Gasteiger partial charge in [-0.2, -0.15) is 0 Å². The third kappa shape index (κ3) is 1.75. The van der Waals surface area contributed by atoms with Gasteiger partial charge >= 0.3 is 0 Å². The molecule has 3 fully saturated rings. The van der Waals surface area contributed by atoms with E-state index in [9.17, 15) is 4.79 Å². The van der Waals surface area contributed by atoms with Crippen LogP contribution in [-0.2, 0) is 14.3 Å². The third-order valence-corrected chi connectivity index (χ3v) is 5.33. The number of amides is 1. The predicted octanol–water partition coefficient (Wildman–Crippen LogP) is 0.424. The number of ether oxygens (including phenoxy) is 2. The standard InChI is InChI=1S/C14H24N2O3/c1-13(2)11-10(4-3-6-19-11)14(13,15)12(17)16-9-5-7-18-8-9/h9-11H,3-8,15H2,1-2H3,(H,16,17). The summed E-state index contributed by atoms with van der Waals surface area (Å²) in [6.45, 7) is 6.21. The molecule has 0 aromatic rings. The maximum absolute atomic E-state index is 12.6. The Morgan fingerprint density at radius 2 is 2.11 bits per heavy atom. The second-order valence-corrected chi connectivity index (χ2v) is 6.66. The van der Waals surface area contributed by atoms with Crippen LogP contribution in [0, 0.1) is 11.3 Å². The van der Waals surface area contributed by atoms with Gasteiger partial charge in [-0.25, -0.2) is 0 Å². The van der Waals surface area contributed by atoms with Crippen LogP contribution in [0.25, 0.3) is 0 Å². The average Bonchev–Trinajstić information content (AvgIpc) is 2.90. The lowest BCUT2D eigenvalue weighted by molar-refractivity contribution is -0.225. The fourth-order valence-corrected chi connectivity index (χ4v) is 3.99. The Bertz CT molecular complexity index is 379. The molecule has 1 saturated carbocycles. The van der Waals surface area contributed by atoms with Crippen LogP contribution in [0.2, 0.25) is 0 Å². The van der Waals surface area contributed by atoms with E-state index in [1.807, 2.05) is 13.8 Å². The van der Waals surface area contributed by atoms with Crippen molar-refractivity contribution in [1.82, 2.24) is 5.32 Å². The number of hydrogen-bond donors (Lipinski definition) is 2. The van der Waals surface area contributed by atoms with Crippen LogP contribution < -0.4 is 11.1 Å². The van der Waals surface area contributed by atoms with E-state index in [-0.39, 0.29) is 29.4 Å². The van der Waals surface area contributed by atoms with E-state index in [1.165, 1.54) is 0 Å². The van der Waals surface area contributed by atoms with Crippen molar-refractivity contribution in [2.45, 2.75) is 50.8 Å². The zero-order valence-electron chi connectivity index (χ0n) is 11.8. The van der Waals surface area contributed by atoms with E-state index in [2.05, 4.69) is 5.32 Å². The molecule has 2 heterocycles. The molecule has 3 rings (SSSR count). The molecule has 1 amide bonds. The van der Waals surface area contributed by atoms with Crippen molar-refractivity contribution in [2.24, 2.45) is 17.1 Å². The predicted molar refractivity (Wildman–Crippen MR) is 70.5 cm³/mol. The van der Waals surface area contributed by atoms with Gasteiger partial charge in [-0.15, -0.1) is 0 Å². The highest BCUT2D eigenvalue weighted by Crippen LogP contribution is 2.57. The van der Waals surface area contributed by atoms with Crippen molar-refractivity contribution in [1.29, 1.82) is 0 Å². The number of carbonyl (C=O) groups is 1.